The summed E-state index contributed by atoms with van der Waals surface area (Å²) in [5.74, 6) is -0.509. The number of halogens is 3. The molecule has 0 atom stereocenters. The molecule has 3 aromatic rings. The zero-order valence-corrected chi connectivity index (χ0v) is 13.2. The highest BCUT2D eigenvalue weighted by molar-refractivity contribution is 6.36. The van der Waals surface area contributed by atoms with Crippen LogP contribution in [-0.2, 0) is 11.3 Å². The van der Waals surface area contributed by atoms with E-state index in [2.05, 4.69) is 9.97 Å². The quantitative estimate of drug-likeness (QED) is 0.525. The van der Waals surface area contributed by atoms with Gasteiger partial charge in [-0.15, -0.1) is 0 Å². The SMILES string of the molecule is O=C(OCc1cn2cc(Cl)cc(Cl)c2n1)c1ccc(Cl)nc1. The smallest absolute Gasteiger partial charge is 0.340 e. The molecule has 112 valence electrons. The number of fused-ring (bicyclic) bond motifs is 1. The molecule has 8 heteroatoms. The van der Waals surface area contributed by atoms with Gasteiger partial charge in [0.1, 0.15) is 11.8 Å². The van der Waals surface area contributed by atoms with E-state index in [1.165, 1.54) is 18.3 Å². The van der Waals surface area contributed by atoms with Gasteiger partial charge in [-0.1, -0.05) is 34.8 Å². The van der Waals surface area contributed by atoms with Crippen LogP contribution < -0.4 is 0 Å². The van der Waals surface area contributed by atoms with Crippen molar-refractivity contribution >= 4 is 46.4 Å². The van der Waals surface area contributed by atoms with Crippen molar-refractivity contribution in [1.82, 2.24) is 14.4 Å². The van der Waals surface area contributed by atoms with Crippen molar-refractivity contribution < 1.29 is 9.53 Å². The maximum atomic E-state index is 11.9. The van der Waals surface area contributed by atoms with E-state index in [4.69, 9.17) is 39.5 Å². The largest absolute Gasteiger partial charge is 0.455 e. The van der Waals surface area contributed by atoms with Gasteiger partial charge in [0.15, 0.2) is 5.65 Å². The summed E-state index contributed by atoms with van der Waals surface area (Å²) in [5, 5.41) is 1.22. The van der Waals surface area contributed by atoms with E-state index in [0.29, 0.717) is 32.1 Å². The number of aromatic nitrogens is 3. The molecular formula is C14H8Cl3N3O2. The average molecular weight is 357 g/mol. The lowest BCUT2D eigenvalue weighted by Gasteiger charge is -2.02. The Morgan fingerprint density at radius 3 is 2.77 bits per heavy atom. The molecule has 0 amide bonds. The first-order valence-electron chi connectivity index (χ1n) is 6.14. The van der Waals surface area contributed by atoms with Gasteiger partial charge in [-0.25, -0.2) is 14.8 Å². The predicted octanol–water partition coefficient (Wildman–Crippen LogP) is 4.05. The second-order valence-electron chi connectivity index (χ2n) is 4.42. The number of nitrogens with zero attached hydrogens (tertiary/aromatic N) is 3. The highest BCUT2D eigenvalue weighted by Gasteiger charge is 2.11. The molecule has 5 nitrogen and oxygen atoms in total. The number of rotatable bonds is 3. The maximum absolute atomic E-state index is 11.9. The van der Waals surface area contributed by atoms with Gasteiger partial charge in [0.05, 0.1) is 21.3 Å². The molecule has 0 spiro atoms. The minimum absolute atomic E-state index is 0.0110. The van der Waals surface area contributed by atoms with Crippen molar-refractivity contribution in [3.8, 4) is 0 Å². The second kappa shape index (κ2) is 6.12. The Balaban J connectivity index is 1.75. The fourth-order valence-corrected chi connectivity index (χ4v) is 2.50. The highest BCUT2D eigenvalue weighted by Crippen LogP contribution is 2.22. The van der Waals surface area contributed by atoms with Crippen LogP contribution in [0.5, 0.6) is 0 Å². The molecule has 0 N–H and O–H groups in total. The Bertz CT molecular complexity index is 846. The maximum Gasteiger partial charge on any atom is 0.340 e. The Kier molecular flexibility index (Phi) is 4.20. The van der Waals surface area contributed by atoms with E-state index in [9.17, 15) is 4.79 Å². The molecular weight excluding hydrogens is 349 g/mol. The van der Waals surface area contributed by atoms with E-state index in [-0.39, 0.29) is 6.61 Å². The van der Waals surface area contributed by atoms with Crippen LogP contribution in [0.1, 0.15) is 16.1 Å². The third-order valence-corrected chi connectivity index (χ3v) is 3.55. The third-order valence-electron chi connectivity index (χ3n) is 2.84. The molecule has 0 bridgehead atoms. The predicted molar refractivity (Wildman–Crippen MR) is 83.6 cm³/mol. The van der Waals surface area contributed by atoms with Gasteiger partial charge in [-0.2, -0.15) is 0 Å². The number of imidazole rings is 1. The Hall–Kier alpha value is -1.82. The first-order valence-corrected chi connectivity index (χ1v) is 7.27. The Labute approximate surface area is 140 Å². The average Bonchev–Trinajstić information content (AvgIpc) is 2.89. The first-order chi connectivity index (χ1) is 10.5. The monoisotopic (exact) mass is 355 g/mol. The van der Waals surface area contributed by atoms with Gasteiger partial charge in [-0.3, -0.25) is 0 Å². The van der Waals surface area contributed by atoms with Crippen LogP contribution in [0.25, 0.3) is 5.65 Å². The molecule has 0 aliphatic heterocycles. The summed E-state index contributed by atoms with van der Waals surface area (Å²) in [7, 11) is 0. The van der Waals surface area contributed by atoms with Crippen LogP contribution in [0.4, 0.5) is 0 Å². The van der Waals surface area contributed by atoms with Crippen LogP contribution in [0.3, 0.4) is 0 Å². The molecule has 0 saturated heterocycles. The van der Waals surface area contributed by atoms with Gasteiger partial charge < -0.3 is 9.14 Å². The molecule has 3 aromatic heterocycles. The third kappa shape index (κ3) is 3.16. The number of ether oxygens (including phenoxy) is 1. The zero-order valence-electron chi connectivity index (χ0n) is 11.0. The molecule has 0 aromatic carbocycles. The first kappa shape index (κ1) is 15.1. The summed E-state index contributed by atoms with van der Waals surface area (Å²) < 4.78 is 6.86. The molecule has 0 saturated carbocycles. The van der Waals surface area contributed by atoms with Crippen molar-refractivity contribution in [2.45, 2.75) is 6.61 Å². The van der Waals surface area contributed by atoms with Crippen molar-refractivity contribution in [3.05, 3.63) is 63.2 Å². The van der Waals surface area contributed by atoms with E-state index >= 15 is 0 Å². The van der Waals surface area contributed by atoms with Crippen LogP contribution in [0.2, 0.25) is 15.2 Å². The lowest BCUT2D eigenvalue weighted by molar-refractivity contribution is 0.0468. The van der Waals surface area contributed by atoms with Crippen LogP contribution in [0.15, 0.2) is 36.8 Å². The zero-order chi connectivity index (χ0) is 15.7. The molecule has 0 aliphatic carbocycles. The van der Waals surface area contributed by atoms with E-state index in [0.717, 1.165) is 0 Å². The lowest BCUT2D eigenvalue weighted by Crippen LogP contribution is -2.05. The number of carbonyl (C=O) groups excluding carboxylic acids is 1. The minimum atomic E-state index is -0.509. The van der Waals surface area contributed by atoms with E-state index in [1.54, 1.807) is 22.9 Å². The van der Waals surface area contributed by atoms with Crippen molar-refractivity contribution in [2.75, 3.05) is 0 Å². The molecule has 3 heterocycles. The normalized spacial score (nSPS) is 10.9. The van der Waals surface area contributed by atoms with Gasteiger partial charge in [0.2, 0.25) is 0 Å². The number of hydrogen-bond acceptors (Lipinski definition) is 4. The van der Waals surface area contributed by atoms with E-state index in [1.807, 2.05) is 0 Å². The topological polar surface area (TPSA) is 56.5 Å². The fourth-order valence-electron chi connectivity index (χ4n) is 1.86. The summed E-state index contributed by atoms with van der Waals surface area (Å²) in [6.45, 7) is 0.0110. The van der Waals surface area contributed by atoms with Gasteiger partial charge >= 0.3 is 5.97 Å². The summed E-state index contributed by atoms with van der Waals surface area (Å²) in [6, 6.07) is 4.66. The Morgan fingerprint density at radius 2 is 2.05 bits per heavy atom. The highest BCUT2D eigenvalue weighted by atomic mass is 35.5. The summed E-state index contributed by atoms with van der Waals surface area (Å²) in [5.41, 5.74) is 1.42. The Morgan fingerprint density at radius 1 is 1.23 bits per heavy atom. The number of pyridine rings is 2. The molecule has 0 fully saturated rings. The van der Waals surface area contributed by atoms with Crippen LogP contribution in [0, 0.1) is 0 Å². The molecule has 0 radical (unpaired) electrons. The van der Waals surface area contributed by atoms with Gasteiger partial charge in [0, 0.05) is 18.6 Å². The molecule has 3 rings (SSSR count). The van der Waals surface area contributed by atoms with Gasteiger partial charge in [-0.05, 0) is 18.2 Å². The molecule has 22 heavy (non-hydrogen) atoms. The summed E-state index contributed by atoms with van der Waals surface area (Å²) >= 11 is 17.6. The second-order valence-corrected chi connectivity index (χ2v) is 5.65. The standard InChI is InChI=1S/C14H8Cl3N3O2/c15-9-3-11(16)13-19-10(6-20(13)5-9)7-22-14(21)8-1-2-12(17)18-4-8/h1-6H,7H2. The van der Waals surface area contributed by atoms with Crippen molar-refractivity contribution in [1.29, 1.82) is 0 Å². The summed E-state index contributed by atoms with van der Waals surface area (Å²) in [4.78, 5) is 20.0. The lowest BCUT2D eigenvalue weighted by atomic mass is 10.3. The van der Waals surface area contributed by atoms with Crippen molar-refractivity contribution in [2.24, 2.45) is 0 Å². The number of carbonyl (C=O) groups is 1. The summed E-state index contributed by atoms with van der Waals surface area (Å²) in [6.07, 6.45) is 4.72. The van der Waals surface area contributed by atoms with Gasteiger partial charge in [0.25, 0.3) is 0 Å². The number of esters is 1. The fraction of sp³-hybridized carbons (Fsp3) is 0.0714. The van der Waals surface area contributed by atoms with Crippen molar-refractivity contribution in [3.63, 3.8) is 0 Å². The minimum Gasteiger partial charge on any atom is -0.455 e. The number of hydrogen-bond donors (Lipinski definition) is 0. The molecule has 0 aliphatic rings. The molecule has 0 unspecified atom stereocenters. The van der Waals surface area contributed by atoms with Crippen LogP contribution >= 0.6 is 34.8 Å². The van der Waals surface area contributed by atoms with E-state index < -0.39 is 5.97 Å². The van der Waals surface area contributed by atoms with Crippen LogP contribution in [-0.4, -0.2) is 20.3 Å².